The highest BCUT2D eigenvalue weighted by Gasteiger charge is 2.15. The molecule has 0 bridgehead atoms. The molecule has 2 N–H and O–H groups in total. The van der Waals surface area contributed by atoms with Gasteiger partial charge in [-0.05, 0) is 49.0 Å². The number of nitrogens with one attached hydrogen (secondary N) is 2. The van der Waals surface area contributed by atoms with Crippen molar-refractivity contribution in [3.8, 4) is 11.5 Å². The molecule has 1 unspecified atom stereocenters. The van der Waals surface area contributed by atoms with Gasteiger partial charge in [-0.2, -0.15) is 5.10 Å². The quantitative estimate of drug-likeness (QED) is 0.364. The van der Waals surface area contributed by atoms with Crippen molar-refractivity contribution in [1.82, 2.24) is 39.9 Å². The molecule has 4 aromatic heterocycles. The third-order valence-electron chi connectivity index (χ3n) is 5.93. The minimum Gasteiger partial charge on any atom is -0.457 e. The first-order valence-electron chi connectivity index (χ1n) is 11.2. The van der Waals surface area contributed by atoms with Crippen molar-refractivity contribution < 1.29 is 4.74 Å². The van der Waals surface area contributed by atoms with Crippen LogP contribution in [-0.4, -0.2) is 47.6 Å². The van der Waals surface area contributed by atoms with Gasteiger partial charge in [0.05, 0.1) is 6.20 Å². The molecule has 1 aliphatic heterocycles. The molecule has 5 aromatic rings. The van der Waals surface area contributed by atoms with Gasteiger partial charge in [0.25, 0.3) is 0 Å². The largest absolute Gasteiger partial charge is 0.457 e. The number of benzene rings is 1. The summed E-state index contributed by atoms with van der Waals surface area (Å²) in [5.41, 5.74) is 5.09. The highest BCUT2D eigenvalue weighted by molar-refractivity contribution is 7.28. The van der Waals surface area contributed by atoms with Gasteiger partial charge in [-0.1, -0.05) is 6.08 Å². The molecule has 0 aliphatic carbocycles. The van der Waals surface area contributed by atoms with E-state index in [-0.39, 0.29) is 0 Å². The predicted octanol–water partition coefficient (Wildman–Crippen LogP) is 3.18. The maximum atomic E-state index is 6.15. The van der Waals surface area contributed by atoms with E-state index in [2.05, 4.69) is 51.0 Å². The summed E-state index contributed by atoms with van der Waals surface area (Å²) in [6.45, 7) is 3.76. The molecule has 174 valence electrons. The molecular weight excluding hydrogens is 461 g/mol. The van der Waals surface area contributed by atoms with Crippen LogP contribution in [0.15, 0.2) is 55.4 Å². The number of hydrogen-bond acceptors (Lipinski definition) is 9. The van der Waals surface area contributed by atoms with Crippen LogP contribution in [0.3, 0.4) is 0 Å². The number of ether oxygens (including phenoxy) is 1. The van der Waals surface area contributed by atoms with Crippen molar-refractivity contribution in [2.24, 2.45) is 0 Å². The Morgan fingerprint density at radius 3 is 2.94 bits per heavy atom. The molecule has 35 heavy (non-hydrogen) atoms. The van der Waals surface area contributed by atoms with Crippen LogP contribution >= 0.6 is 9.24 Å². The second-order valence-electron chi connectivity index (χ2n) is 8.14. The number of rotatable bonds is 5. The van der Waals surface area contributed by atoms with Crippen molar-refractivity contribution >= 4 is 48.3 Å². The first-order chi connectivity index (χ1) is 17.2. The third kappa shape index (κ3) is 4.18. The van der Waals surface area contributed by atoms with E-state index in [1.807, 2.05) is 37.4 Å². The Labute approximate surface area is 203 Å². The third-order valence-corrected chi connectivity index (χ3v) is 6.67. The molecule has 0 saturated heterocycles. The maximum Gasteiger partial charge on any atom is 0.160 e. The molecule has 0 radical (unpaired) electrons. The lowest BCUT2D eigenvalue weighted by molar-refractivity contribution is 0.479. The van der Waals surface area contributed by atoms with Gasteiger partial charge < -0.3 is 15.4 Å². The molecule has 0 spiro atoms. The van der Waals surface area contributed by atoms with Crippen LogP contribution in [-0.2, 0) is 0 Å². The first kappa shape index (κ1) is 21.5. The fraction of sp³-hybridized carbons (Fsp3) is 0.167. The van der Waals surface area contributed by atoms with Gasteiger partial charge in [0.15, 0.2) is 17.3 Å². The molecule has 10 nitrogen and oxygen atoms in total. The van der Waals surface area contributed by atoms with Gasteiger partial charge in [-0.15, -0.1) is 9.24 Å². The van der Waals surface area contributed by atoms with Crippen LogP contribution in [0.25, 0.3) is 22.3 Å². The Morgan fingerprint density at radius 2 is 2.06 bits per heavy atom. The van der Waals surface area contributed by atoms with Crippen LogP contribution in [0.4, 0.5) is 11.5 Å². The van der Waals surface area contributed by atoms with Crippen LogP contribution in [0.1, 0.15) is 17.8 Å². The van der Waals surface area contributed by atoms with E-state index in [4.69, 9.17) is 9.72 Å². The molecule has 1 aromatic carbocycles. The van der Waals surface area contributed by atoms with Gasteiger partial charge in [-0.3, -0.25) is 0 Å². The SMILES string of the molecule is Cc1c(Oc2ccn3ncnc3c2)ccc(Nc2ncnc3cnc(C4=CCNCC4)nc23)c1P. The zero-order valence-corrected chi connectivity index (χ0v) is 20.1. The Kier molecular flexibility index (Phi) is 5.52. The lowest BCUT2D eigenvalue weighted by Crippen LogP contribution is -2.20. The van der Waals surface area contributed by atoms with Gasteiger partial charge in [0, 0.05) is 30.1 Å². The Morgan fingerprint density at radius 1 is 1.11 bits per heavy atom. The fourth-order valence-electron chi connectivity index (χ4n) is 3.97. The van der Waals surface area contributed by atoms with Crippen LogP contribution in [0, 0.1) is 6.92 Å². The number of pyridine rings is 1. The second kappa shape index (κ2) is 8.98. The van der Waals surface area contributed by atoms with Gasteiger partial charge in [0.2, 0.25) is 0 Å². The van der Waals surface area contributed by atoms with E-state index in [0.29, 0.717) is 28.4 Å². The summed E-state index contributed by atoms with van der Waals surface area (Å²) in [5.74, 6) is 2.78. The zero-order chi connectivity index (χ0) is 23.8. The summed E-state index contributed by atoms with van der Waals surface area (Å²) < 4.78 is 7.84. The van der Waals surface area contributed by atoms with Crippen molar-refractivity contribution in [2.45, 2.75) is 13.3 Å². The van der Waals surface area contributed by atoms with Gasteiger partial charge in [-0.25, -0.2) is 29.4 Å². The molecule has 0 fully saturated rings. The van der Waals surface area contributed by atoms with E-state index in [1.54, 1.807) is 10.7 Å². The van der Waals surface area contributed by atoms with E-state index >= 15 is 0 Å². The number of anilines is 2. The number of fused-ring (bicyclic) bond motifs is 2. The topological polar surface area (TPSA) is 115 Å². The Hall–Kier alpha value is -4.01. The average Bonchev–Trinajstić information content (AvgIpc) is 3.37. The van der Waals surface area contributed by atoms with E-state index in [0.717, 1.165) is 53.0 Å². The normalized spacial score (nSPS) is 13.7. The van der Waals surface area contributed by atoms with Crippen molar-refractivity contribution in [2.75, 3.05) is 18.4 Å². The van der Waals surface area contributed by atoms with Crippen LogP contribution < -0.4 is 20.7 Å². The molecular formula is C24H22N9OP. The fourth-order valence-corrected chi connectivity index (χ4v) is 4.28. The minimum absolute atomic E-state index is 0.627. The average molecular weight is 483 g/mol. The monoisotopic (exact) mass is 483 g/mol. The number of hydrogen-bond donors (Lipinski definition) is 2. The van der Waals surface area contributed by atoms with Gasteiger partial charge >= 0.3 is 0 Å². The van der Waals surface area contributed by atoms with E-state index in [1.165, 1.54) is 12.7 Å². The molecule has 5 heterocycles. The zero-order valence-electron chi connectivity index (χ0n) is 18.9. The van der Waals surface area contributed by atoms with Crippen LogP contribution in [0.2, 0.25) is 0 Å². The Balaban J connectivity index is 1.31. The highest BCUT2D eigenvalue weighted by atomic mass is 31.0. The first-order valence-corrected chi connectivity index (χ1v) is 11.7. The van der Waals surface area contributed by atoms with E-state index in [9.17, 15) is 0 Å². The Bertz CT molecular complexity index is 1600. The lowest BCUT2D eigenvalue weighted by Gasteiger charge is -2.16. The highest BCUT2D eigenvalue weighted by Crippen LogP contribution is 2.30. The summed E-state index contributed by atoms with van der Waals surface area (Å²) in [5, 5.41) is 11.8. The summed E-state index contributed by atoms with van der Waals surface area (Å²) in [7, 11) is 2.79. The van der Waals surface area contributed by atoms with E-state index < -0.39 is 0 Å². The lowest BCUT2D eigenvalue weighted by atomic mass is 10.1. The van der Waals surface area contributed by atoms with Crippen molar-refractivity contribution in [1.29, 1.82) is 0 Å². The maximum absolute atomic E-state index is 6.15. The van der Waals surface area contributed by atoms with Crippen molar-refractivity contribution in [3.05, 3.63) is 66.8 Å². The van der Waals surface area contributed by atoms with Crippen molar-refractivity contribution in [3.63, 3.8) is 0 Å². The molecule has 11 heteroatoms. The summed E-state index contributed by atoms with van der Waals surface area (Å²) in [6.07, 6.45) is 9.63. The standard InChI is InChI=1S/C24H22N9OP/c1-14-19(34-16-6-9-33-20(10-16)28-13-30-33)3-2-17(22(14)35)31-24-21-18(27-12-29-24)11-26-23(32-21)15-4-7-25-8-5-15/h2-4,6,9-13,25H,5,7-8,35H2,1H3,(H,27,29,31). The second-order valence-corrected chi connectivity index (χ2v) is 8.71. The molecule has 6 rings (SSSR count). The predicted molar refractivity (Wildman–Crippen MR) is 137 cm³/mol. The molecule has 0 saturated carbocycles. The summed E-state index contributed by atoms with van der Waals surface area (Å²) in [6, 6.07) is 7.61. The molecule has 0 amide bonds. The smallest absolute Gasteiger partial charge is 0.160 e. The summed E-state index contributed by atoms with van der Waals surface area (Å²) in [4.78, 5) is 22.4. The van der Waals surface area contributed by atoms with Crippen LogP contribution in [0.5, 0.6) is 11.5 Å². The molecule has 1 atom stereocenters. The van der Waals surface area contributed by atoms with Gasteiger partial charge in [0.1, 0.15) is 35.2 Å². The number of nitrogens with zero attached hydrogens (tertiary/aromatic N) is 7. The minimum atomic E-state index is 0.627. The molecule has 1 aliphatic rings. The summed E-state index contributed by atoms with van der Waals surface area (Å²) >= 11 is 0. The number of aromatic nitrogens is 7.